The second kappa shape index (κ2) is 4.49. The maximum absolute atomic E-state index is 11.6. The Balaban J connectivity index is 1.66. The van der Waals surface area contributed by atoms with Crippen LogP contribution in [0.2, 0.25) is 0 Å². The number of nitrogens with two attached hydrogens (primary N) is 1. The summed E-state index contributed by atoms with van der Waals surface area (Å²) in [6.07, 6.45) is 5.43. The zero-order chi connectivity index (χ0) is 10.8. The van der Waals surface area contributed by atoms with Crippen molar-refractivity contribution < 1.29 is 9.53 Å². The summed E-state index contributed by atoms with van der Waals surface area (Å²) in [5.41, 5.74) is 5.77. The molecule has 0 bridgehead atoms. The monoisotopic (exact) mass is 212 g/mol. The number of likely N-dealkylation sites (N-methyl/N-ethyl adjacent to an activating group) is 1. The highest BCUT2D eigenvalue weighted by molar-refractivity contribution is 5.77. The van der Waals surface area contributed by atoms with Gasteiger partial charge in [0.15, 0.2) is 0 Å². The third-order valence-electron chi connectivity index (χ3n) is 3.36. The second-order valence-electron chi connectivity index (χ2n) is 4.74. The SMILES string of the molecule is CN(C(=O)COC1CCC(N)C1)C1CC1. The molecule has 0 aromatic rings. The van der Waals surface area contributed by atoms with Gasteiger partial charge in [-0.2, -0.15) is 0 Å². The number of carbonyl (C=O) groups excluding carboxylic acids is 1. The summed E-state index contributed by atoms with van der Waals surface area (Å²) in [6.45, 7) is 0.227. The Morgan fingerprint density at radius 2 is 2.13 bits per heavy atom. The van der Waals surface area contributed by atoms with E-state index in [2.05, 4.69) is 0 Å². The lowest BCUT2D eigenvalue weighted by atomic mass is 10.3. The molecule has 2 saturated carbocycles. The zero-order valence-electron chi connectivity index (χ0n) is 9.32. The number of hydrogen-bond donors (Lipinski definition) is 1. The number of ether oxygens (including phenoxy) is 1. The van der Waals surface area contributed by atoms with Crippen LogP contribution in [0, 0.1) is 0 Å². The minimum absolute atomic E-state index is 0.109. The van der Waals surface area contributed by atoms with Gasteiger partial charge >= 0.3 is 0 Å². The summed E-state index contributed by atoms with van der Waals surface area (Å²) >= 11 is 0. The molecule has 2 unspecified atom stereocenters. The lowest BCUT2D eigenvalue weighted by molar-refractivity contribution is -0.137. The molecule has 2 rings (SSSR count). The Labute approximate surface area is 90.8 Å². The first-order valence-electron chi connectivity index (χ1n) is 5.79. The minimum Gasteiger partial charge on any atom is -0.368 e. The molecule has 0 radical (unpaired) electrons. The number of carbonyl (C=O) groups is 1. The molecule has 2 aliphatic rings. The summed E-state index contributed by atoms with van der Waals surface area (Å²) in [5.74, 6) is 0.109. The third kappa shape index (κ3) is 2.92. The van der Waals surface area contributed by atoms with Crippen molar-refractivity contribution >= 4 is 5.91 Å². The summed E-state index contributed by atoms with van der Waals surface area (Å²) in [4.78, 5) is 13.4. The smallest absolute Gasteiger partial charge is 0.248 e. The highest BCUT2D eigenvalue weighted by Crippen LogP contribution is 2.26. The molecule has 1 amide bonds. The molecule has 0 saturated heterocycles. The van der Waals surface area contributed by atoms with E-state index in [9.17, 15) is 4.79 Å². The topological polar surface area (TPSA) is 55.6 Å². The van der Waals surface area contributed by atoms with Crippen molar-refractivity contribution in [2.24, 2.45) is 5.73 Å². The van der Waals surface area contributed by atoms with E-state index in [1.54, 1.807) is 0 Å². The van der Waals surface area contributed by atoms with Gasteiger partial charge in [0, 0.05) is 19.1 Å². The van der Waals surface area contributed by atoms with E-state index in [0.29, 0.717) is 6.04 Å². The number of rotatable bonds is 4. The summed E-state index contributed by atoms with van der Waals surface area (Å²) < 4.78 is 5.56. The van der Waals surface area contributed by atoms with E-state index in [4.69, 9.17) is 10.5 Å². The molecule has 2 fully saturated rings. The Bertz CT molecular complexity index is 241. The first-order chi connectivity index (χ1) is 7.16. The Morgan fingerprint density at radius 3 is 2.67 bits per heavy atom. The van der Waals surface area contributed by atoms with Crippen molar-refractivity contribution in [3.05, 3.63) is 0 Å². The zero-order valence-corrected chi connectivity index (χ0v) is 9.32. The summed E-state index contributed by atoms with van der Waals surface area (Å²) in [6, 6.07) is 0.748. The van der Waals surface area contributed by atoms with Crippen LogP contribution in [0.4, 0.5) is 0 Å². The fourth-order valence-corrected chi connectivity index (χ4v) is 2.08. The highest BCUT2D eigenvalue weighted by atomic mass is 16.5. The average Bonchev–Trinajstić information content (AvgIpc) is 2.98. The van der Waals surface area contributed by atoms with Gasteiger partial charge in [0.2, 0.25) is 5.91 Å². The molecule has 4 heteroatoms. The maximum atomic E-state index is 11.6. The molecule has 2 N–H and O–H groups in total. The molecule has 4 nitrogen and oxygen atoms in total. The van der Waals surface area contributed by atoms with Crippen LogP contribution in [0.25, 0.3) is 0 Å². The molecule has 86 valence electrons. The van der Waals surface area contributed by atoms with Gasteiger partial charge in [-0.25, -0.2) is 0 Å². The molecule has 0 spiro atoms. The molecular weight excluding hydrogens is 192 g/mol. The van der Waals surface area contributed by atoms with Gasteiger partial charge in [0.25, 0.3) is 0 Å². The predicted molar refractivity (Wildman–Crippen MR) is 57.4 cm³/mol. The van der Waals surface area contributed by atoms with Crippen LogP contribution < -0.4 is 5.73 Å². The molecule has 0 heterocycles. The van der Waals surface area contributed by atoms with Crippen molar-refractivity contribution in [2.75, 3.05) is 13.7 Å². The van der Waals surface area contributed by atoms with E-state index < -0.39 is 0 Å². The summed E-state index contributed by atoms with van der Waals surface area (Å²) in [7, 11) is 1.86. The molecule has 2 aliphatic carbocycles. The van der Waals surface area contributed by atoms with Crippen molar-refractivity contribution in [1.29, 1.82) is 0 Å². The molecule has 0 aromatic carbocycles. The van der Waals surface area contributed by atoms with Crippen molar-refractivity contribution in [3.63, 3.8) is 0 Å². The Hall–Kier alpha value is -0.610. The minimum atomic E-state index is 0.109. The fraction of sp³-hybridized carbons (Fsp3) is 0.909. The third-order valence-corrected chi connectivity index (χ3v) is 3.36. The number of nitrogens with zero attached hydrogens (tertiary/aromatic N) is 1. The van der Waals surface area contributed by atoms with Crippen LogP contribution in [0.5, 0.6) is 0 Å². The van der Waals surface area contributed by atoms with Crippen LogP contribution in [0.3, 0.4) is 0 Å². The number of hydrogen-bond acceptors (Lipinski definition) is 3. The van der Waals surface area contributed by atoms with Crippen LogP contribution in [0.1, 0.15) is 32.1 Å². The molecule has 0 aliphatic heterocycles. The Kier molecular flexibility index (Phi) is 3.26. The van der Waals surface area contributed by atoms with E-state index >= 15 is 0 Å². The Morgan fingerprint density at radius 1 is 1.40 bits per heavy atom. The van der Waals surface area contributed by atoms with Crippen molar-refractivity contribution in [2.45, 2.75) is 50.3 Å². The molecular formula is C11H20N2O2. The van der Waals surface area contributed by atoms with Crippen LogP contribution in [-0.2, 0) is 9.53 Å². The van der Waals surface area contributed by atoms with Gasteiger partial charge in [-0.3, -0.25) is 4.79 Å². The molecule has 2 atom stereocenters. The summed E-state index contributed by atoms with van der Waals surface area (Å²) in [5, 5.41) is 0. The first kappa shape index (κ1) is 10.9. The van der Waals surface area contributed by atoms with E-state index in [1.807, 2.05) is 11.9 Å². The average molecular weight is 212 g/mol. The van der Waals surface area contributed by atoms with Gasteiger partial charge in [-0.05, 0) is 32.1 Å². The predicted octanol–water partition coefficient (Wildman–Crippen LogP) is 0.504. The van der Waals surface area contributed by atoms with E-state index in [0.717, 1.165) is 32.1 Å². The van der Waals surface area contributed by atoms with Gasteiger partial charge in [0.05, 0.1) is 6.10 Å². The van der Waals surface area contributed by atoms with Crippen molar-refractivity contribution in [3.8, 4) is 0 Å². The van der Waals surface area contributed by atoms with Crippen LogP contribution in [-0.4, -0.2) is 42.6 Å². The van der Waals surface area contributed by atoms with E-state index in [-0.39, 0.29) is 24.7 Å². The standard InChI is InChI=1S/C11H20N2O2/c1-13(9-3-4-9)11(14)7-15-10-5-2-8(12)6-10/h8-10H,2-7,12H2,1H3. The van der Waals surface area contributed by atoms with Crippen LogP contribution in [0.15, 0.2) is 0 Å². The quantitative estimate of drug-likeness (QED) is 0.738. The fourth-order valence-electron chi connectivity index (χ4n) is 2.08. The van der Waals surface area contributed by atoms with Gasteiger partial charge in [0.1, 0.15) is 6.61 Å². The highest BCUT2D eigenvalue weighted by Gasteiger charge is 2.30. The molecule has 15 heavy (non-hydrogen) atoms. The lowest BCUT2D eigenvalue weighted by Crippen LogP contribution is -2.33. The van der Waals surface area contributed by atoms with Crippen LogP contribution >= 0.6 is 0 Å². The first-order valence-corrected chi connectivity index (χ1v) is 5.79. The molecule has 0 aromatic heterocycles. The largest absolute Gasteiger partial charge is 0.368 e. The van der Waals surface area contributed by atoms with Crippen molar-refractivity contribution in [1.82, 2.24) is 4.90 Å². The maximum Gasteiger partial charge on any atom is 0.248 e. The lowest BCUT2D eigenvalue weighted by Gasteiger charge is -2.18. The van der Waals surface area contributed by atoms with Gasteiger partial charge in [-0.1, -0.05) is 0 Å². The van der Waals surface area contributed by atoms with Gasteiger partial charge < -0.3 is 15.4 Å². The van der Waals surface area contributed by atoms with Gasteiger partial charge in [-0.15, -0.1) is 0 Å². The van der Waals surface area contributed by atoms with E-state index in [1.165, 1.54) is 0 Å². The normalized spacial score (nSPS) is 30.5. The second-order valence-corrected chi connectivity index (χ2v) is 4.74. The number of amides is 1.